The summed E-state index contributed by atoms with van der Waals surface area (Å²) in [6.45, 7) is 31.0. The average Bonchev–Trinajstić information content (AvgIpc) is 0.765. The van der Waals surface area contributed by atoms with Gasteiger partial charge in [0.2, 0.25) is 11.8 Å². The summed E-state index contributed by atoms with van der Waals surface area (Å²) in [5.74, 6) is -0.868. The lowest BCUT2D eigenvalue weighted by molar-refractivity contribution is -0.123. The van der Waals surface area contributed by atoms with Crippen LogP contribution in [0.4, 0.5) is 0 Å². The van der Waals surface area contributed by atoms with Crippen LogP contribution in [0.15, 0.2) is 84.9 Å². The maximum atomic E-state index is 13.8. The van der Waals surface area contributed by atoms with Crippen LogP contribution in [0.5, 0.6) is 0 Å². The Hall–Kier alpha value is -6.41. The van der Waals surface area contributed by atoms with Crippen LogP contribution in [0.2, 0.25) is 0 Å². The van der Waals surface area contributed by atoms with Crippen LogP contribution in [0.3, 0.4) is 0 Å². The quantitative estimate of drug-likeness (QED) is 0.0185. The van der Waals surface area contributed by atoms with Crippen LogP contribution in [0, 0.1) is 0 Å². The van der Waals surface area contributed by atoms with Crippen molar-refractivity contribution in [3.8, 4) is 0 Å². The topological polar surface area (TPSA) is 207 Å². The third-order valence-corrected chi connectivity index (χ3v) is 18.2. The summed E-state index contributed by atoms with van der Waals surface area (Å²) in [7, 11) is 0. The van der Waals surface area contributed by atoms with Crippen molar-refractivity contribution in [1.29, 1.82) is 0 Å². The first-order valence-corrected chi connectivity index (χ1v) is 34.7. The predicted octanol–water partition coefficient (Wildman–Crippen LogP) is 12.3. The number of carbonyl (C=O) groups excluding carboxylic acids is 5. The molecule has 95 heavy (non-hydrogen) atoms. The highest BCUT2D eigenvalue weighted by Gasteiger charge is 2.38. The van der Waals surface area contributed by atoms with E-state index in [0.29, 0.717) is 175 Å². The average molecular weight is 1310 g/mol. The van der Waals surface area contributed by atoms with Gasteiger partial charge in [0.25, 0.3) is 11.8 Å². The zero-order valence-corrected chi connectivity index (χ0v) is 58.9. The Bertz CT molecular complexity index is 3080. The van der Waals surface area contributed by atoms with Crippen LogP contribution in [0.1, 0.15) is 205 Å². The zero-order valence-electron chi connectivity index (χ0n) is 58.9. The number of aldehydes is 1. The summed E-state index contributed by atoms with van der Waals surface area (Å²) in [5.41, 5.74) is 14.0. The van der Waals surface area contributed by atoms with Gasteiger partial charge in [-0.1, -0.05) is 128 Å². The van der Waals surface area contributed by atoms with Gasteiger partial charge in [-0.3, -0.25) is 19.2 Å². The van der Waals surface area contributed by atoms with Gasteiger partial charge in [-0.15, -0.1) is 0 Å². The maximum Gasteiger partial charge on any atom is 0.251 e. The van der Waals surface area contributed by atoms with Gasteiger partial charge in [0.1, 0.15) is 12.3 Å². The second kappa shape index (κ2) is 40.3. The Morgan fingerprint density at radius 3 is 1.22 bits per heavy atom. The summed E-state index contributed by atoms with van der Waals surface area (Å²) in [5, 5.41) is 11.9. The summed E-state index contributed by atoms with van der Waals surface area (Å²) in [6.07, 6.45) is 13.3. The molecule has 0 radical (unpaired) electrons. The second-order valence-electron chi connectivity index (χ2n) is 27.7. The van der Waals surface area contributed by atoms with Crippen molar-refractivity contribution in [3.05, 3.63) is 141 Å². The summed E-state index contributed by atoms with van der Waals surface area (Å²) in [4.78, 5) is 63.4. The molecule has 4 aromatic rings. The number of nitrogens with one attached hydrogen (secondary N) is 4. The molecule has 0 aliphatic heterocycles. The molecule has 2 aliphatic carbocycles. The van der Waals surface area contributed by atoms with E-state index >= 15 is 0 Å². The number of hydrogen-bond acceptors (Lipinski definition) is 13. The molecule has 1 atom stereocenters. The maximum absolute atomic E-state index is 13.8. The molecule has 0 spiro atoms. The van der Waals surface area contributed by atoms with E-state index in [1.54, 1.807) is 12.1 Å². The smallest absolute Gasteiger partial charge is 0.251 e. The fraction of sp³-hybridized carbons (Fsp3) is 0.577. The molecule has 522 valence electrons. The summed E-state index contributed by atoms with van der Waals surface area (Å²) in [6, 6.07) is 28.2. The number of rotatable bonds is 45. The van der Waals surface area contributed by atoms with Crippen molar-refractivity contribution in [2.75, 3.05) is 125 Å². The highest BCUT2D eigenvalue weighted by Crippen LogP contribution is 2.48. The minimum atomic E-state index is -0.796. The molecule has 0 saturated heterocycles. The van der Waals surface area contributed by atoms with Gasteiger partial charge in [0.05, 0.1) is 92.5 Å². The highest BCUT2D eigenvalue weighted by atomic mass is 16.6. The number of fused-ring (bicyclic) bond motifs is 2. The van der Waals surface area contributed by atoms with E-state index in [9.17, 15) is 24.0 Å². The third-order valence-electron chi connectivity index (χ3n) is 18.2. The predicted molar refractivity (Wildman–Crippen MR) is 378 cm³/mol. The molecule has 0 unspecified atom stereocenters. The molecular weight excluding hydrogens is 1200 g/mol. The van der Waals surface area contributed by atoms with Gasteiger partial charge in [0, 0.05) is 56.8 Å². The van der Waals surface area contributed by atoms with Gasteiger partial charge in [-0.05, 0) is 173 Å². The van der Waals surface area contributed by atoms with E-state index in [4.69, 9.17) is 37.9 Å². The molecule has 0 aromatic heterocycles. The molecule has 0 fully saturated rings. The lowest BCUT2D eigenvalue weighted by Crippen LogP contribution is -2.47. The molecule has 0 heterocycles. The van der Waals surface area contributed by atoms with Crippen molar-refractivity contribution in [3.63, 3.8) is 0 Å². The van der Waals surface area contributed by atoms with Gasteiger partial charge in [-0.2, -0.15) is 0 Å². The largest absolute Gasteiger partial charge is 0.379 e. The zero-order chi connectivity index (χ0) is 68.5. The van der Waals surface area contributed by atoms with Crippen LogP contribution < -0.4 is 21.3 Å². The number of carbonyl (C=O) groups is 5. The first-order valence-electron chi connectivity index (χ1n) is 34.7. The van der Waals surface area contributed by atoms with Gasteiger partial charge < -0.3 is 64.0 Å². The number of hydrogen-bond donors (Lipinski definition) is 4. The molecule has 0 bridgehead atoms. The highest BCUT2D eigenvalue weighted by molar-refractivity contribution is 5.98. The molecule has 17 nitrogen and oxygen atoms in total. The van der Waals surface area contributed by atoms with Gasteiger partial charge in [-0.25, -0.2) is 0 Å². The molecule has 17 heteroatoms. The Kier molecular flexibility index (Phi) is 33.0. The minimum absolute atomic E-state index is 0.0856. The Morgan fingerprint density at radius 2 is 0.779 bits per heavy atom. The normalized spacial score (nSPS) is 15.7. The lowest BCUT2D eigenvalue weighted by atomic mass is 9.63. The van der Waals surface area contributed by atoms with Crippen molar-refractivity contribution in [1.82, 2.24) is 21.3 Å². The SMILES string of the molecule is C/C(=C\c1ccc(C(=O)NCCCC[C@@H](NC(=O)c2ccc(/C=C(\C)c3ccc4c(c3)C(C)(C)CCC4(C)C)cc2)C(=O)NCCCOCCOCCOCCCNC(=O)CCOCCOCCOCCOCCOCCC=O)cc1)c1ccc2c(c1)C(C)(C)CCC2(C)C. The van der Waals surface area contributed by atoms with Crippen molar-refractivity contribution < 1.29 is 61.9 Å². The van der Waals surface area contributed by atoms with Crippen molar-refractivity contribution >= 4 is 53.2 Å². The van der Waals surface area contributed by atoms with Crippen molar-refractivity contribution in [2.45, 2.75) is 168 Å². The first-order chi connectivity index (χ1) is 45.6. The number of amides is 4. The monoisotopic (exact) mass is 1310 g/mol. The Balaban J connectivity index is 0.864. The van der Waals surface area contributed by atoms with E-state index in [1.165, 1.54) is 51.8 Å². The molecule has 2 aliphatic rings. The summed E-state index contributed by atoms with van der Waals surface area (Å²) < 4.78 is 44.1. The van der Waals surface area contributed by atoms with Crippen LogP contribution >= 0.6 is 0 Å². The molecule has 4 amide bonds. The molecular formula is C78H112N4O13. The van der Waals surface area contributed by atoms with Crippen LogP contribution in [-0.2, 0) is 73.9 Å². The standard InChI is InChI=1S/C78H112N4O13/c1-58(64-25-27-66-68(56-64)77(7,8)32-30-75(66,3)4)54-60-17-21-62(22-18-60)72(85)80-34-12-11-16-70(82-73(86)63-23-19-61(20-24-63)55-59(2)65-26-28-67-69(57-65)78(9,10)33-31-76(67,5)6)74(87)81-36-14-39-89-43-47-92-46-42-88-38-13-35-79-71(84)29-41-91-45-49-94-51-53-95-52-50-93-48-44-90-40-15-37-83/h17-28,37,54-57,70H,11-16,29-36,38-53H2,1-10H3,(H,79,84)(H,80,85)(H,81,87)(H,82,86)/b58-54+,59-55+/t70-/m1/s1. The molecule has 4 N–H and O–H groups in total. The van der Waals surface area contributed by atoms with E-state index in [1.807, 2.05) is 36.4 Å². The van der Waals surface area contributed by atoms with E-state index < -0.39 is 6.04 Å². The van der Waals surface area contributed by atoms with Gasteiger partial charge >= 0.3 is 0 Å². The summed E-state index contributed by atoms with van der Waals surface area (Å²) >= 11 is 0. The van der Waals surface area contributed by atoms with E-state index in [-0.39, 0.29) is 51.7 Å². The van der Waals surface area contributed by atoms with E-state index in [0.717, 1.165) is 35.8 Å². The Labute approximate surface area is 567 Å². The number of ether oxygens (including phenoxy) is 8. The molecule has 4 aromatic carbocycles. The second-order valence-corrected chi connectivity index (χ2v) is 27.7. The van der Waals surface area contributed by atoms with Crippen LogP contribution in [-0.4, -0.2) is 161 Å². The van der Waals surface area contributed by atoms with E-state index in [2.05, 4.69) is 139 Å². The number of allylic oxidation sites excluding steroid dienone is 2. The minimum Gasteiger partial charge on any atom is -0.379 e. The van der Waals surface area contributed by atoms with Crippen molar-refractivity contribution in [2.24, 2.45) is 0 Å². The fourth-order valence-corrected chi connectivity index (χ4v) is 11.9. The third kappa shape index (κ3) is 26.8. The fourth-order valence-electron chi connectivity index (χ4n) is 11.9. The number of benzene rings is 4. The molecule has 6 rings (SSSR count). The molecule has 0 saturated carbocycles. The van der Waals surface area contributed by atoms with Crippen LogP contribution in [0.25, 0.3) is 23.3 Å². The number of unbranched alkanes of at least 4 members (excludes halogenated alkanes) is 1. The van der Waals surface area contributed by atoms with Gasteiger partial charge in [0.15, 0.2) is 0 Å². The Morgan fingerprint density at radius 1 is 0.411 bits per heavy atom. The lowest BCUT2D eigenvalue weighted by Gasteiger charge is -2.42. The first kappa shape index (κ1) is 77.6.